The topological polar surface area (TPSA) is 82.6 Å². The number of carbonyl (C=O) groups is 1. The second-order valence-corrected chi connectivity index (χ2v) is 7.44. The van der Waals surface area contributed by atoms with E-state index in [-0.39, 0.29) is 30.2 Å². The van der Waals surface area contributed by atoms with Crippen molar-refractivity contribution in [2.45, 2.75) is 13.0 Å². The number of amides is 1. The van der Waals surface area contributed by atoms with Crippen LogP contribution < -0.4 is 19.5 Å². The monoisotopic (exact) mass is 403 g/mol. The maximum absolute atomic E-state index is 12.7. The predicted octanol–water partition coefficient (Wildman–Crippen LogP) is 4.20. The Balaban J connectivity index is 1.53. The molecular formula is C18H14ClN3O4S. The number of hydrogen-bond donors (Lipinski definition) is 1. The molecule has 0 spiro atoms. The Kier molecular flexibility index (Phi) is 4.83. The SMILES string of the molecule is CC(NC(=O)c1cncnc1Oc1ccc2c(c1)OCO2)c1ccc(Cl)s1. The van der Waals surface area contributed by atoms with E-state index >= 15 is 0 Å². The van der Waals surface area contributed by atoms with Crippen LogP contribution in [0.1, 0.15) is 28.2 Å². The number of nitrogens with zero attached hydrogens (tertiary/aromatic N) is 2. The van der Waals surface area contributed by atoms with Crippen molar-refractivity contribution in [3.63, 3.8) is 0 Å². The van der Waals surface area contributed by atoms with Crippen molar-refractivity contribution in [1.29, 1.82) is 0 Å². The fourth-order valence-corrected chi connectivity index (χ4v) is 3.58. The maximum atomic E-state index is 12.7. The molecule has 3 aromatic rings. The zero-order valence-electron chi connectivity index (χ0n) is 14.1. The van der Waals surface area contributed by atoms with Crippen molar-refractivity contribution in [1.82, 2.24) is 15.3 Å². The molecule has 2 aromatic heterocycles. The van der Waals surface area contributed by atoms with Crippen LogP contribution in [0, 0.1) is 0 Å². The number of fused-ring (bicyclic) bond motifs is 1. The van der Waals surface area contributed by atoms with Crippen molar-refractivity contribution < 1.29 is 19.0 Å². The van der Waals surface area contributed by atoms with Gasteiger partial charge in [0.25, 0.3) is 5.91 Å². The van der Waals surface area contributed by atoms with Crippen LogP contribution in [0.2, 0.25) is 4.34 Å². The maximum Gasteiger partial charge on any atom is 0.258 e. The standard InChI is InChI=1S/C18H14ClN3O4S/c1-10(15-4-5-16(19)27-15)22-17(23)12-7-20-8-21-18(12)26-11-2-3-13-14(6-11)25-9-24-13/h2-8,10H,9H2,1H3,(H,22,23). The predicted molar refractivity (Wildman–Crippen MR) is 99.9 cm³/mol. The van der Waals surface area contributed by atoms with Crippen LogP contribution >= 0.6 is 22.9 Å². The Bertz CT molecular complexity index is 994. The minimum Gasteiger partial charge on any atom is -0.454 e. The van der Waals surface area contributed by atoms with E-state index in [1.54, 1.807) is 24.3 Å². The molecule has 3 heterocycles. The number of thiophene rings is 1. The molecule has 1 aliphatic heterocycles. The van der Waals surface area contributed by atoms with Gasteiger partial charge >= 0.3 is 0 Å². The third-order valence-electron chi connectivity index (χ3n) is 3.85. The number of hydrogen-bond acceptors (Lipinski definition) is 7. The van der Waals surface area contributed by atoms with Crippen molar-refractivity contribution in [3.05, 3.63) is 57.6 Å². The van der Waals surface area contributed by atoms with Gasteiger partial charge in [0.05, 0.1) is 10.4 Å². The first-order valence-corrected chi connectivity index (χ1v) is 9.23. The molecule has 0 fully saturated rings. The van der Waals surface area contributed by atoms with Crippen molar-refractivity contribution in [3.8, 4) is 23.1 Å². The number of rotatable bonds is 5. The van der Waals surface area contributed by atoms with Crippen LogP contribution in [0.15, 0.2) is 42.9 Å². The molecule has 7 nitrogen and oxygen atoms in total. The molecule has 0 aliphatic carbocycles. The lowest BCUT2D eigenvalue weighted by atomic mass is 10.2. The lowest BCUT2D eigenvalue weighted by Gasteiger charge is -2.14. The normalized spacial score (nSPS) is 13.3. The molecule has 9 heteroatoms. The smallest absolute Gasteiger partial charge is 0.258 e. The highest BCUT2D eigenvalue weighted by Gasteiger charge is 2.20. The highest BCUT2D eigenvalue weighted by Crippen LogP contribution is 2.36. The number of ether oxygens (including phenoxy) is 3. The van der Waals surface area contributed by atoms with E-state index in [9.17, 15) is 4.79 Å². The molecule has 1 N–H and O–H groups in total. The minimum atomic E-state index is -0.344. The first-order chi connectivity index (χ1) is 13.1. The van der Waals surface area contributed by atoms with Gasteiger partial charge in [0.1, 0.15) is 17.6 Å². The molecule has 1 aliphatic rings. The summed E-state index contributed by atoms with van der Waals surface area (Å²) >= 11 is 7.37. The summed E-state index contributed by atoms with van der Waals surface area (Å²) < 4.78 is 17.1. The van der Waals surface area contributed by atoms with Gasteiger partial charge in [-0.15, -0.1) is 11.3 Å². The quantitative estimate of drug-likeness (QED) is 0.687. The van der Waals surface area contributed by atoms with Crippen LogP contribution in [-0.2, 0) is 0 Å². The summed E-state index contributed by atoms with van der Waals surface area (Å²) in [6, 6.07) is 8.60. The first kappa shape index (κ1) is 17.6. The van der Waals surface area contributed by atoms with Crippen LogP contribution in [0.5, 0.6) is 23.1 Å². The zero-order chi connectivity index (χ0) is 18.8. The Hall–Kier alpha value is -2.84. The third-order valence-corrected chi connectivity index (χ3v) is 5.26. The molecule has 1 amide bonds. The molecule has 0 saturated heterocycles. The average Bonchev–Trinajstić information content (AvgIpc) is 3.30. The summed E-state index contributed by atoms with van der Waals surface area (Å²) in [6.07, 6.45) is 2.74. The Morgan fingerprint density at radius 2 is 2.15 bits per heavy atom. The second kappa shape index (κ2) is 7.42. The number of halogens is 1. The van der Waals surface area contributed by atoms with Gasteiger partial charge in [-0.1, -0.05) is 11.6 Å². The Morgan fingerprint density at radius 1 is 1.30 bits per heavy atom. The Labute approximate surface area is 163 Å². The van der Waals surface area contributed by atoms with Gasteiger partial charge in [0, 0.05) is 17.1 Å². The summed E-state index contributed by atoms with van der Waals surface area (Å²) in [4.78, 5) is 21.7. The third kappa shape index (κ3) is 3.81. The van der Waals surface area contributed by atoms with Gasteiger partial charge < -0.3 is 19.5 Å². The molecule has 4 rings (SSSR count). The van der Waals surface area contributed by atoms with E-state index in [1.165, 1.54) is 23.9 Å². The lowest BCUT2D eigenvalue weighted by Crippen LogP contribution is -2.26. The molecule has 1 unspecified atom stereocenters. The van der Waals surface area contributed by atoms with Gasteiger partial charge in [0.15, 0.2) is 11.5 Å². The highest BCUT2D eigenvalue weighted by atomic mass is 35.5. The number of benzene rings is 1. The summed E-state index contributed by atoms with van der Waals surface area (Å²) in [5.74, 6) is 1.51. The van der Waals surface area contributed by atoms with E-state index in [0.29, 0.717) is 21.6 Å². The van der Waals surface area contributed by atoms with Crippen molar-refractivity contribution in [2.24, 2.45) is 0 Å². The number of carbonyl (C=O) groups excluding carboxylic acids is 1. The Morgan fingerprint density at radius 3 is 2.96 bits per heavy atom. The number of aromatic nitrogens is 2. The summed E-state index contributed by atoms with van der Waals surface area (Å²) in [5.41, 5.74) is 0.227. The van der Waals surface area contributed by atoms with E-state index in [1.807, 2.05) is 13.0 Å². The van der Waals surface area contributed by atoms with Gasteiger partial charge in [0.2, 0.25) is 12.7 Å². The van der Waals surface area contributed by atoms with E-state index in [4.69, 9.17) is 25.8 Å². The van der Waals surface area contributed by atoms with Crippen LogP contribution in [0.3, 0.4) is 0 Å². The molecule has 0 radical (unpaired) electrons. The van der Waals surface area contributed by atoms with Gasteiger partial charge in [-0.25, -0.2) is 9.97 Å². The highest BCUT2D eigenvalue weighted by molar-refractivity contribution is 7.16. The van der Waals surface area contributed by atoms with E-state index in [0.717, 1.165) is 4.88 Å². The molecule has 1 aromatic carbocycles. The first-order valence-electron chi connectivity index (χ1n) is 8.04. The van der Waals surface area contributed by atoms with Gasteiger partial charge in [-0.05, 0) is 31.2 Å². The van der Waals surface area contributed by atoms with E-state index in [2.05, 4.69) is 15.3 Å². The van der Waals surface area contributed by atoms with E-state index < -0.39 is 0 Å². The fraction of sp³-hybridized carbons (Fsp3) is 0.167. The lowest BCUT2D eigenvalue weighted by molar-refractivity contribution is 0.0937. The molecular weight excluding hydrogens is 390 g/mol. The molecule has 138 valence electrons. The minimum absolute atomic E-state index is 0.151. The van der Waals surface area contributed by atoms with Crippen LogP contribution in [-0.4, -0.2) is 22.7 Å². The molecule has 0 saturated carbocycles. The van der Waals surface area contributed by atoms with Gasteiger partial charge in [-0.2, -0.15) is 0 Å². The molecule has 1 atom stereocenters. The fourth-order valence-electron chi connectivity index (χ4n) is 2.51. The summed E-state index contributed by atoms with van der Waals surface area (Å²) in [7, 11) is 0. The summed E-state index contributed by atoms with van der Waals surface area (Å²) in [5, 5.41) is 2.90. The molecule has 0 bridgehead atoms. The summed E-state index contributed by atoms with van der Waals surface area (Å²) in [6.45, 7) is 2.05. The largest absolute Gasteiger partial charge is 0.454 e. The number of nitrogens with one attached hydrogen (secondary N) is 1. The zero-order valence-corrected chi connectivity index (χ0v) is 15.7. The van der Waals surface area contributed by atoms with Crippen LogP contribution in [0.25, 0.3) is 0 Å². The van der Waals surface area contributed by atoms with Crippen molar-refractivity contribution in [2.75, 3.05) is 6.79 Å². The second-order valence-electron chi connectivity index (χ2n) is 5.70. The van der Waals surface area contributed by atoms with Crippen LogP contribution in [0.4, 0.5) is 0 Å². The molecule has 27 heavy (non-hydrogen) atoms. The van der Waals surface area contributed by atoms with Gasteiger partial charge in [-0.3, -0.25) is 4.79 Å². The van der Waals surface area contributed by atoms with Crippen molar-refractivity contribution >= 4 is 28.8 Å². The average molecular weight is 404 g/mol.